The first kappa shape index (κ1) is 25.1. The van der Waals surface area contributed by atoms with Crippen molar-refractivity contribution in [1.82, 2.24) is 23.2 Å². The van der Waals surface area contributed by atoms with Crippen LogP contribution in [0.5, 0.6) is 0 Å². The summed E-state index contributed by atoms with van der Waals surface area (Å²) in [7, 11) is -3.84. The molecule has 3 aromatic heterocycles. The molecule has 5 aromatic rings. The van der Waals surface area contributed by atoms with Gasteiger partial charge in [0.1, 0.15) is 6.61 Å². The maximum absolute atomic E-state index is 13.5. The third-order valence-electron chi connectivity index (χ3n) is 7.55. The number of benzene rings is 2. The number of ether oxygens (including phenoxy) is 1. The van der Waals surface area contributed by atoms with Crippen LogP contribution in [0.4, 0.5) is 4.79 Å². The van der Waals surface area contributed by atoms with Gasteiger partial charge in [0.05, 0.1) is 16.6 Å². The smallest absolute Gasteiger partial charge is 0.410 e. The van der Waals surface area contributed by atoms with E-state index in [1.54, 1.807) is 41.4 Å². The van der Waals surface area contributed by atoms with E-state index in [1.165, 1.54) is 10.2 Å². The molecule has 0 unspecified atom stereocenters. The lowest BCUT2D eigenvalue weighted by Gasteiger charge is -2.17. The van der Waals surface area contributed by atoms with Crippen LogP contribution < -0.4 is 0 Å². The quantitative estimate of drug-likeness (QED) is 0.299. The number of hydrogen-bond donors (Lipinski definition) is 0. The van der Waals surface area contributed by atoms with E-state index >= 15 is 0 Å². The predicted octanol–water partition coefficient (Wildman–Crippen LogP) is 4.99. The number of aryl methyl sites for hydroxylation is 1. The molecule has 6 rings (SSSR count). The summed E-state index contributed by atoms with van der Waals surface area (Å²) in [6.45, 7) is 5.33. The van der Waals surface area contributed by atoms with Gasteiger partial charge >= 0.3 is 6.09 Å². The second kappa shape index (κ2) is 9.85. The van der Waals surface area contributed by atoms with Crippen molar-refractivity contribution < 1.29 is 17.9 Å². The number of aromatic nitrogens is 4. The van der Waals surface area contributed by atoms with Gasteiger partial charge in [0.25, 0.3) is 10.0 Å². The highest BCUT2D eigenvalue weighted by molar-refractivity contribution is 7.90. The van der Waals surface area contributed by atoms with Gasteiger partial charge in [0.2, 0.25) is 0 Å². The van der Waals surface area contributed by atoms with Crippen molar-refractivity contribution >= 4 is 32.9 Å². The highest BCUT2D eigenvalue weighted by Gasteiger charge is 2.38. The van der Waals surface area contributed by atoms with E-state index in [1.807, 2.05) is 47.9 Å². The molecular weight excluding hydrogens is 514 g/mol. The first-order valence-electron chi connectivity index (χ1n) is 13.0. The summed E-state index contributed by atoms with van der Waals surface area (Å²) in [5, 5.41) is 0. The summed E-state index contributed by atoms with van der Waals surface area (Å²) < 4.78 is 35.7. The maximum atomic E-state index is 13.5. The van der Waals surface area contributed by atoms with Gasteiger partial charge < -0.3 is 9.64 Å². The lowest BCUT2D eigenvalue weighted by molar-refractivity contribution is 0.103. The van der Waals surface area contributed by atoms with E-state index in [0.29, 0.717) is 29.9 Å². The minimum atomic E-state index is -3.84. The van der Waals surface area contributed by atoms with E-state index in [2.05, 4.69) is 16.9 Å². The van der Waals surface area contributed by atoms with E-state index in [4.69, 9.17) is 4.74 Å². The fraction of sp³-hybridized carbons (Fsp3) is 0.276. The summed E-state index contributed by atoms with van der Waals surface area (Å²) in [6, 6.07) is 18.1. The molecule has 4 heterocycles. The zero-order valence-electron chi connectivity index (χ0n) is 21.8. The van der Waals surface area contributed by atoms with Gasteiger partial charge in [-0.3, -0.25) is 4.40 Å². The molecule has 0 aliphatic carbocycles. The third kappa shape index (κ3) is 4.44. The van der Waals surface area contributed by atoms with E-state index in [-0.39, 0.29) is 29.4 Å². The summed E-state index contributed by atoms with van der Waals surface area (Å²) in [6.07, 6.45) is 5.48. The van der Waals surface area contributed by atoms with Crippen LogP contribution in [0, 0.1) is 12.8 Å². The van der Waals surface area contributed by atoms with Crippen LogP contribution in [0.2, 0.25) is 0 Å². The molecular formula is C29H29N5O4S. The summed E-state index contributed by atoms with van der Waals surface area (Å²) in [5.41, 5.74) is 4.45. The standard InChI is InChI=1S/C29H29N5O4S/c1-3-22-17-32(29(35)38-19-21-7-5-4-6-8-21)18-24(22)26-15-30-27-16-31-28-25(34(26)27)13-14-33(28)39(36,37)23-11-9-20(2)10-12-23/h4-16,22,24H,3,17-19H2,1-2H3/t22-,24-/m0/s1. The van der Waals surface area contributed by atoms with Gasteiger partial charge in [-0.05, 0) is 36.6 Å². The van der Waals surface area contributed by atoms with Crippen molar-refractivity contribution in [2.45, 2.75) is 37.7 Å². The second-order valence-electron chi connectivity index (χ2n) is 9.99. The summed E-state index contributed by atoms with van der Waals surface area (Å²) in [5.74, 6) is 0.215. The third-order valence-corrected chi connectivity index (χ3v) is 9.23. The van der Waals surface area contributed by atoms with Gasteiger partial charge in [0, 0.05) is 37.1 Å². The predicted molar refractivity (Wildman–Crippen MR) is 147 cm³/mol. The van der Waals surface area contributed by atoms with E-state index in [0.717, 1.165) is 23.2 Å². The molecule has 0 saturated carbocycles. The molecule has 39 heavy (non-hydrogen) atoms. The molecule has 1 aliphatic rings. The van der Waals surface area contributed by atoms with Crippen LogP contribution in [-0.2, 0) is 21.4 Å². The van der Waals surface area contributed by atoms with Crippen molar-refractivity contribution in [3.63, 3.8) is 0 Å². The van der Waals surface area contributed by atoms with Gasteiger partial charge in [0.15, 0.2) is 11.3 Å². The molecule has 10 heteroatoms. The first-order chi connectivity index (χ1) is 18.9. The van der Waals surface area contributed by atoms with E-state index < -0.39 is 10.0 Å². The highest BCUT2D eigenvalue weighted by atomic mass is 32.2. The highest BCUT2D eigenvalue weighted by Crippen LogP contribution is 2.36. The number of amides is 1. The molecule has 1 amide bonds. The monoisotopic (exact) mass is 543 g/mol. The zero-order chi connectivity index (χ0) is 27.1. The lowest BCUT2D eigenvalue weighted by Crippen LogP contribution is -2.29. The molecule has 9 nitrogen and oxygen atoms in total. The number of imidazole rings is 1. The van der Waals surface area contributed by atoms with Crippen molar-refractivity contribution in [1.29, 1.82) is 0 Å². The summed E-state index contributed by atoms with van der Waals surface area (Å²) >= 11 is 0. The van der Waals surface area contributed by atoms with Crippen LogP contribution in [0.3, 0.4) is 0 Å². The molecule has 1 saturated heterocycles. The Labute approximate surface area is 226 Å². The molecule has 2 atom stereocenters. The lowest BCUT2D eigenvalue weighted by atomic mass is 9.91. The normalized spacial score (nSPS) is 17.7. The molecule has 2 aromatic carbocycles. The second-order valence-corrected chi connectivity index (χ2v) is 11.8. The molecule has 1 aliphatic heterocycles. The van der Waals surface area contributed by atoms with Crippen LogP contribution in [0.1, 0.15) is 36.1 Å². The number of fused-ring (bicyclic) bond motifs is 3. The Hall–Kier alpha value is -4.18. The maximum Gasteiger partial charge on any atom is 0.410 e. The Morgan fingerprint density at radius 2 is 1.77 bits per heavy atom. The molecule has 0 bridgehead atoms. The fourth-order valence-electron chi connectivity index (χ4n) is 5.41. The Morgan fingerprint density at radius 1 is 1.00 bits per heavy atom. The van der Waals surface area contributed by atoms with Gasteiger partial charge in [-0.2, -0.15) is 0 Å². The Balaban J connectivity index is 1.33. The number of carbonyl (C=O) groups is 1. The minimum Gasteiger partial charge on any atom is -0.445 e. The average Bonchev–Trinajstić information content (AvgIpc) is 3.68. The van der Waals surface area contributed by atoms with Crippen molar-refractivity contribution in [2.75, 3.05) is 13.1 Å². The van der Waals surface area contributed by atoms with Crippen molar-refractivity contribution in [3.8, 4) is 0 Å². The van der Waals surface area contributed by atoms with Crippen LogP contribution in [0.15, 0.2) is 84.1 Å². The number of hydrogen-bond acceptors (Lipinski definition) is 6. The Kier molecular flexibility index (Phi) is 6.34. The van der Waals surface area contributed by atoms with Gasteiger partial charge in [-0.1, -0.05) is 61.4 Å². The average molecular weight is 544 g/mol. The van der Waals surface area contributed by atoms with Gasteiger partial charge in [-0.25, -0.2) is 27.2 Å². The van der Waals surface area contributed by atoms with Crippen molar-refractivity contribution in [2.24, 2.45) is 5.92 Å². The number of likely N-dealkylation sites (tertiary alicyclic amines) is 1. The van der Waals surface area contributed by atoms with Crippen LogP contribution >= 0.6 is 0 Å². The number of rotatable bonds is 6. The molecule has 200 valence electrons. The minimum absolute atomic E-state index is 0.0110. The Bertz CT molecular complexity index is 1760. The topological polar surface area (TPSA) is 98.8 Å². The Morgan fingerprint density at radius 3 is 2.51 bits per heavy atom. The molecule has 0 radical (unpaired) electrons. The zero-order valence-corrected chi connectivity index (χ0v) is 22.6. The molecule has 0 N–H and O–H groups in total. The number of nitrogens with zero attached hydrogens (tertiary/aromatic N) is 5. The fourth-order valence-corrected chi connectivity index (χ4v) is 6.70. The number of carbonyl (C=O) groups excluding carboxylic acids is 1. The van der Waals surface area contributed by atoms with Gasteiger partial charge in [-0.15, -0.1) is 0 Å². The largest absolute Gasteiger partial charge is 0.445 e. The van der Waals surface area contributed by atoms with Crippen LogP contribution in [-0.4, -0.2) is 50.8 Å². The van der Waals surface area contributed by atoms with Crippen LogP contribution in [0.25, 0.3) is 16.8 Å². The van der Waals surface area contributed by atoms with Crippen molar-refractivity contribution in [3.05, 3.63) is 96.1 Å². The summed E-state index contributed by atoms with van der Waals surface area (Å²) in [4.78, 5) is 23.9. The molecule has 1 fully saturated rings. The first-order valence-corrected chi connectivity index (χ1v) is 14.4. The van der Waals surface area contributed by atoms with E-state index in [9.17, 15) is 13.2 Å². The molecule has 0 spiro atoms. The SMILES string of the molecule is CC[C@H]1CN(C(=O)OCc2ccccc2)C[C@@H]1c1cnc2cnc3c(ccn3S(=O)(=O)c3ccc(C)cc3)n12.